The maximum absolute atomic E-state index is 13.2. The van der Waals surface area contributed by atoms with Crippen LogP contribution in [0.25, 0.3) is 0 Å². The summed E-state index contributed by atoms with van der Waals surface area (Å²) in [5, 5.41) is 22.9. The summed E-state index contributed by atoms with van der Waals surface area (Å²) in [6.45, 7) is 11.6. The third kappa shape index (κ3) is 5.22. The van der Waals surface area contributed by atoms with Crippen molar-refractivity contribution in [3.8, 4) is 0 Å². The van der Waals surface area contributed by atoms with Crippen molar-refractivity contribution in [3.63, 3.8) is 0 Å². The summed E-state index contributed by atoms with van der Waals surface area (Å²) in [5.41, 5.74) is -4.71. The summed E-state index contributed by atoms with van der Waals surface area (Å²) in [5.74, 6) is -5.44. The molecule has 2 heterocycles. The number of hydrogen-bond donors (Lipinski definition) is 2. The Bertz CT molecular complexity index is 1210. The molecule has 0 amide bonds. The fourth-order valence-corrected chi connectivity index (χ4v) is 7.53. The lowest BCUT2D eigenvalue weighted by molar-refractivity contribution is -0.244. The second kappa shape index (κ2) is 11.5. The number of esters is 5. The number of rotatable bonds is 6. The third-order valence-electron chi connectivity index (χ3n) is 9.62. The van der Waals surface area contributed by atoms with Crippen molar-refractivity contribution >= 4 is 29.8 Å². The fourth-order valence-electron chi connectivity index (χ4n) is 7.53. The lowest BCUT2D eigenvalue weighted by atomic mass is 9.53. The molecule has 0 radical (unpaired) electrons. The molecule has 0 aromatic carbocycles. The predicted octanol–water partition coefficient (Wildman–Crippen LogP) is 1.29. The van der Waals surface area contributed by atoms with Crippen LogP contribution in [0.2, 0.25) is 0 Å². The maximum atomic E-state index is 13.2. The highest BCUT2D eigenvalue weighted by atomic mass is 16.7. The Balaban J connectivity index is 2.08. The van der Waals surface area contributed by atoms with E-state index in [4.69, 9.17) is 28.4 Å². The molecule has 2 aliphatic heterocycles. The number of ether oxygens (including phenoxy) is 6. The van der Waals surface area contributed by atoms with Crippen molar-refractivity contribution in [2.75, 3.05) is 0 Å². The molecule has 0 aromatic rings. The average Bonchev–Trinajstić information content (AvgIpc) is 3.47. The monoisotopic (exact) mass is 610 g/mol. The van der Waals surface area contributed by atoms with Gasteiger partial charge in [0.2, 0.25) is 0 Å². The number of carbonyl (C=O) groups excluding carboxylic acids is 5. The molecule has 3 fully saturated rings. The number of hydrogen-bond acceptors (Lipinski definition) is 13. The van der Waals surface area contributed by atoms with Crippen molar-refractivity contribution in [2.24, 2.45) is 17.3 Å². The molecule has 4 rings (SSSR count). The Morgan fingerprint density at radius 3 is 2.09 bits per heavy atom. The van der Waals surface area contributed by atoms with Gasteiger partial charge in [0, 0.05) is 39.5 Å². The van der Waals surface area contributed by atoms with Crippen LogP contribution in [0, 0.1) is 17.3 Å². The summed E-state index contributed by atoms with van der Waals surface area (Å²) in [7, 11) is 0. The van der Waals surface area contributed by atoms with Gasteiger partial charge in [-0.15, -0.1) is 0 Å². The van der Waals surface area contributed by atoms with Crippen LogP contribution in [0.15, 0.2) is 11.6 Å². The first kappa shape index (κ1) is 32.9. The largest absolute Gasteiger partial charge is 0.462 e. The van der Waals surface area contributed by atoms with Crippen molar-refractivity contribution < 1.29 is 62.6 Å². The minimum Gasteiger partial charge on any atom is -0.462 e. The Morgan fingerprint density at radius 1 is 0.977 bits per heavy atom. The summed E-state index contributed by atoms with van der Waals surface area (Å²) >= 11 is 0. The fraction of sp³-hybridized carbons (Fsp3) is 0.767. The van der Waals surface area contributed by atoms with E-state index >= 15 is 0 Å². The number of aliphatic hydroxyl groups excluding tert-OH is 2. The van der Waals surface area contributed by atoms with E-state index in [9.17, 15) is 34.2 Å². The highest BCUT2D eigenvalue weighted by molar-refractivity contribution is 5.89. The van der Waals surface area contributed by atoms with E-state index in [0.717, 1.165) is 6.92 Å². The van der Waals surface area contributed by atoms with E-state index in [-0.39, 0.29) is 18.4 Å². The normalized spacial score (nSPS) is 44.7. The molecule has 0 aromatic heterocycles. The van der Waals surface area contributed by atoms with Gasteiger partial charge in [0.05, 0.1) is 11.5 Å². The first-order valence-electron chi connectivity index (χ1n) is 14.6. The molecule has 12 atom stereocenters. The van der Waals surface area contributed by atoms with Gasteiger partial charge in [0.25, 0.3) is 0 Å². The van der Waals surface area contributed by atoms with Gasteiger partial charge in [0.15, 0.2) is 29.5 Å². The molecule has 2 aliphatic carbocycles. The van der Waals surface area contributed by atoms with Gasteiger partial charge in [0.1, 0.15) is 18.3 Å². The van der Waals surface area contributed by atoms with Gasteiger partial charge < -0.3 is 38.6 Å². The van der Waals surface area contributed by atoms with E-state index < -0.39 is 101 Å². The highest BCUT2D eigenvalue weighted by Gasteiger charge is 2.88. The first-order chi connectivity index (χ1) is 19.9. The number of epoxide rings is 1. The molecular weight excluding hydrogens is 568 g/mol. The van der Waals surface area contributed by atoms with Crippen molar-refractivity contribution in [2.45, 2.75) is 129 Å². The molecule has 0 bridgehead atoms. The molecule has 43 heavy (non-hydrogen) atoms. The van der Waals surface area contributed by atoms with Crippen LogP contribution in [0.3, 0.4) is 0 Å². The van der Waals surface area contributed by atoms with Crippen LogP contribution in [-0.2, 0) is 52.4 Å². The summed E-state index contributed by atoms with van der Waals surface area (Å²) in [6.07, 6.45) is -7.47. The number of fused-ring (bicyclic) bond motifs is 1. The van der Waals surface area contributed by atoms with Crippen molar-refractivity contribution in [1.29, 1.82) is 0 Å². The molecule has 13 nitrogen and oxygen atoms in total. The lowest BCUT2D eigenvalue weighted by Gasteiger charge is -2.57. The van der Waals surface area contributed by atoms with Crippen LogP contribution in [0.1, 0.15) is 74.7 Å². The van der Waals surface area contributed by atoms with Gasteiger partial charge in [-0.1, -0.05) is 20.8 Å². The van der Waals surface area contributed by atoms with Crippen LogP contribution < -0.4 is 0 Å². The van der Waals surface area contributed by atoms with Crippen LogP contribution in [0.5, 0.6) is 0 Å². The second-order valence-corrected chi connectivity index (χ2v) is 12.5. The predicted molar refractivity (Wildman–Crippen MR) is 145 cm³/mol. The molecule has 240 valence electrons. The quantitative estimate of drug-likeness (QED) is 0.190. The van der Waals surface area contributed by atoms with Gasteiger partial charge >= 0.3 is 29.8 Å². The SMILES string of the molecule is CCCC(=O)O[C@H]1/C=C(\C)[C@H](O)[C@@H]2OC(=O)[C@@]3(C)O[C@]23[C@@H](OC(C)=O)[C@H]2[C@@H](C)[C@@H](O)C[C@H](OC(C)=O)[C@]2(C)[C@H]1OC(C)=O. The zero-order valence-corrected chi connectivity index (χ0v) is 25.8. The van der Waals surface area contributed by atoms with Gasteiger partial charge in [-0.2, -0.15) is 0 Å². The average molecular weight is 611 g/mol. The minimum absolute atomic E-state index is 0.0347. The molecule has 1 spiro atoms. The topological polar surface area (TPSA) is 184 Å². The summed E-state index contributed by atoms with van der Waals surface area (Å²) < 4.78 is 35.4. The van der Waals surface area contributed by atoms with Crippen molar-refractivity contribution in [1.82, 2.24) is 0 Å². The maximum Gasteiger partial charge on any atom is 0.342 e. The van der Waals surface area contributed by atoms with E-state index in [1.807, 2.05) is 0 Å². The smallest absolute Gasteiger partial charge is 0.342 e. The Hall–Kier alpha value is -3.03. The van der Waals surface area contributed by atoms with Crippen LogP contribution in [-0.4, -0.2) is 94.0 Å². The van der Waals surface area contributed by atoms with Crippen LogP contribution in [0.4, 0.5) is 0 Å². The van der Waals surface area contributed by atoms with E-state index in [1.165, 1.54) is 33.8 Å². The van der Waals surface area contributed by atoms with Crippen molar-refractivity contribution in [3.05, 3.63) is 11.6 Å². The van der Waals surface area contributed by atoms with E-state index in [0.29, 0.717) is 6.42 Å². The molecule has 2 N–H and O–H groups in total. The van der Waals surface area contributed by atoms with E-state index in [1.54, 1.807) is 20.8 Å². The van der Waals surface area contributed by atoms with Gasteiger partial charge in [-0.05, 0) is 37.8 Å². The summed E-state index contributed by atoms with van der Waals surface area (Å²) in [4.78, 5) is 64.0. The molecule has 0 unspecified atom stereocenters. The Kier molecular flexibility index (Phi) is 8.77. The number of carbonyl (C=O) groups is 5. The van der Waals surface area contributed by atoms with E-state index in [2.05, 4.69) is 0 Å². The number of aliphatic hydroxyl groups is 2. The van der Waals surface area contributed by atoms with Crippen LogP contribution >= 0.6 is 0 Å². The molecule has 1 saturated carbocycles. The highest BCUT2D eigenvalue weighted by Crippen LogP contribution is 2.66. The zero-order chi connectivity index (χ0) is 32.2. The summed E-state index contributed by atoms with van der Waals surface area (Å²) in [6, 6.07) is 0. The molecule has 4 aliphatic rings. The lowest BCUT2D eigenvalue weighted by Crippen LogP contribution is -2.68. The zero-order valence-electron chi connectivity index (χ0n) is 25.8. The third-order valence-corrected chi connectivity index (χ3v) is 9.62. The second-order valence-electron chi connectivity index (χ2n) is 12.5. The minimum atomic E-state index is -1.73. The Labute approximate surface area is 250 Å². The molecule has 13 heteroatoms. The molecular formula is C30H42O13. The Morgan fingerprint density at radius 2 is 1.56 bits per heavy atom. The molecule has 2 saturated heterocycles. The first-order valence-corrected chi connectivity index (χ1v) is 14.6. The standard InChI is InChI=1S/C30H42O13/c1-9-10-21(35)41-19-11-13(2)23(36)26-30(29(8,43-30)27(37)42-26)25(40-17(6)33)22-14(3)18(34)12-20(38-15(4)31)28(22,7)24(19)39-16(5)32/h11,14,18-20,22-26,34,36H,9-10,12H2,1-8H3/b13-11+/t14-,18-,19-,20-,22+,23-,24-,25-,26-,28-,29+,30+/m0/s1. The van der Waals surface area contributed by atoms with Gasteiger partial charge in [-0.3, -0.25) is 19.2 Å². The van der Waals surface area contributed by atoms with Gasteiger partial charge in [-0.25, -0.2) is 4.79 Å².